The van der Waals surface area contributed by atoms with Gasteiger partial charge in [0, 0.05) is 6.54 Å². The molecule has 3 unspecified atom stereocenters. The zero-order chi connectivity index (χ0) is 13.3. The van der Waals surface area contributed by atoms with E-state index >= 15 is 0 Å². The maximum Gasteiger partial charge on any atom is 0.123 e. The number of nitrogens with one attached hydrogen (secondary N) is 1. The predicted molar refractivity (Wildman–Crippen MR) is 76.5 cm³/mol. The first-order valence-corrected chi connectivity index (χ1v) is 7.67. The molecule has 1 N–H and O–H groups in total. The molecule has 0 aromatic heterocycles. The standard InChI is InChI=1S/C17H24FN/c1-2-19-12-17(11-14-3-6-15(17)9-14)10-13-4-7-16(18)8-5-13/h4-5,7-8,14-15,19H,2-3,6,9-12H2,1H3. The van der Waals surface area contributed by atoms with Gasteiger partial charge in [0.05, 0.1) is 0 Å². The van der Waals surface area contributed by atoms with Crippen LogP contribution in [0, 0.1) is 23.1 Å². The van der Waals surface area contributed by atoms with Gasteiger partial charge < -0.3 is 5.32 Å². The highest BCUT2D eigenvalue weighted by Gasteiger charge is 2.50. The molecule has 0 amide bonds. The molecule has 2 saturated carbocycles. The smallest absolute Gasteiger partial charge is 0.123 e. The Morgan fingerprint density at radius 2 is 2.05 bits per heavy atom. The minimum Gasteiger partial charge on any atom is -0.316 e. The van der Waals surface area contributed by atoms with Crippen LogP contribution >= 0.6 is 0 Å². The van der Waals surface area contributed by atoms with E-state index in [0.717, 1.165) is 31.3 Å². The van der Waals surface area contributed by atoms with Crippen LogP contribution in [-0.2, 0) is 6.42 Å². The van der Waals surface area contributed by atoms with E-state index in [1.54, 1.807) is 12.1 Å². The highest BCUT2D eigenvalue weighted by Crippen LogP contribution is 2.57. The molecule has 3 atom stereocenters. The number of benzene rings is 1. The second-order valence-corrected chi connectivity index (χ2v) is 6.53. The number of hydrogen-bond acceptors (Lipinski definition) is 1. The molecule has 2 aliphatic rings. The van der Waals surface area contributed by atoms with E-state index in [1.165, 1.54) is 31.2 Å². The first-order valence-electron chi connectivity index (χ1n) is 7.67. The third-order valence-electron chi connectivity index (χ3n) is 5.30. The summed E-state index contributed by atoms with van der Waals surface area (Å²) in [5.74, 6) is 1.70. The highest BCUT2D eigenvalue weighted by atomic mass is 19.1. The molecule has 3 rings (SSSR count). The zero-order valence-corrected chi connectivity index (χ0v) is 11.8. The summed E-state index contributed by atoms with van der Waals surface area (Å²) in [6, 6.07) is 7.14. The van der Waals surface area contributed by atoms with Gasteiger partial charge in [-0.25, -0.2) is 4.39 Å². The molecule has 1 aromatic carbocycles. The Hall–Kier alpha value is -0.890. The van der Waals surface area contributed by atoms with Crippen LogP contribution in [0.2, 0.25) is 0 Å². The van der Waals surface area contributed by atoms with Crippen molar-refractivity contribution >= 4 is 0 Å². The number of halogens is 1. The average Bonchev–Trinajstić information content (AvgIpc) is 3.00. The van der Waals surface area contributed by atoms with Crippen molar-refractivity contribution < 1.29 is 4.39 Å². The molecule has 1 nitrogen and oxygen atoms in total. The molecule has 19 heavy (non-hydrogen) atoms. The van der Waals surface area contributed by atoms with Gasteiger partial charge in [0.1, 0.15) is 5.82 Å². The van der Waals surface area contributed by atoms with Crippen LogP contribution in [0.25, 0.3) is 0 Å². The van der Waals surface area contributed by atoms with Crippen molar-refractivity contribution in [3.63, 3.8) is 0 Å². The summed E-state index contributed by atoms with van der Waals surface area (Å²) in [6.45, 7) is 4.35. The molecule has 0 radical (unpaired) electrons. The molecule has 2 bridgehead atoms. The Bertz CT molecular complexity index is 427. The second kappa shape index (κ2) is 5.24. The van der Waals surface area contributed by atoms with Crippen LogP contribution in [0.15, 0.2) is 24.3 Å². The van der Waals surface area contributed by atoms with Gasteiger partial charge >= 0.3 is 0 Å². The normalized spacial score (nSPS) is 32.9. The van der Waals surface area contributed by atoms with Gasteiger partial charge in [-0.05, 0) is 67.2 Å². The maximum absolute atomic E-state index is 13.0. The summed E-state index contributed by atoms with van der Waals surface area (Å²) >= 11 is 0. The molecule has 104 valence electrons. The lowest BCUT2D eigenvalue weighted by atomic mass is 9.69. The first kappa shape index (κ1) is 13.1. The maximum atomic E-state index is 13.0. The fraction of sp³-hybridized carbons (Fsp3) is 0.647. The van der Waals surface area contributed by atoms with Crippen LogP contribution in [0.1, 0.15) is 38.2 Å². The Morgan fingerprint density at radius 3 is 2.63 bits per heavy atom. The zero-order valence-electron chi connectivity index (χ0n) is 11.8. The lowest BCUT2D eigenvalue weighted by molar-refractivity contribution is 0.157. The quantitative estimate of drug-likeness (QED) is 0.850. The van der Waals surface area contributed by atoms with Gasteiger partial charge in [-0.3, -0.25) is 0 Å². The van der Waals surface area contributed by atoms with Gasteiger partial charge in [0.15, 0.2) is 0 Å². The molecule has 0 spiro atoms. The van der Waals surface area contributed by atoms with Crippen molar-refractivity contribution in [2.24, 2.45) is 17.3 Å². The van der Waals surface area contributed by atoms with Crippen molar-refractivity contribution in [1.82, 2.24) is 5.32 Å². The number of fused-ring (bicyclic) bond motifs is 2. The summed E-state index contributed by atoms with van der Waals surface area (Å²) < 4.78 is 13.0. The molecule has 0 heterocycles. The van der Waals surface area contributed by atoms with Crippen LogP contribution in [0.4, 0.5) is 4.39 Å². The van der Waals surface area contributed by atoms with Crippen LogP contribution in [0.3, 0.4) is 0 Å². The Labute approximate surface area is 115 Å². The summed E-state index contributed by atoms with van der Waals surface area (Å²) in [4.78, 5) is 0. The summed E-state index contributed by atoms with van der Waals surface area (Å²) in [5, 5.41) is 3.57. The van der Waals surface area contributed by atoms with E-state index in [4.69, 9.17) is 0 Å². The van der Waals surface area contributed by atoms with E-state index in [0.29, 0.717) is 5.41 Å². The van der Waals surface area contributed by atoms with Crippen LogP contribution in [0.5, 0.6) is 0 Å². The fourth-order valence-electron chi connectivity index (χ4n) is 4.44. The van der Waals surface area contributed by atoms with Crippen LogP contribution < -0.4 is 5.32 Å². The minimum absolute atomic E-state index is 0.127. The molecular formula is C17H24FN. The summed E-state index contributed by atoms with van der Waals surface area (Å²) in [5.41, 5.74) is 1.73. The molecular weight excluding hydrogens is 237 g/mol. The van der Waals surface area contributed by atoms with E-state index in [9.17, 15) is 4.39 Å². The van der Waals surface area contributed by atoms with Crippen LogP contribution in [-0.4, -0.2) is 13.1 Å². The minimum atomic E-state index is -0.127. The lowest BCUT2D eigenvalue weighted by Gasteiger charge is -2.38. The average molecular weight is 261 g/mol. The topological polar surface area (TPSA) is 12.0 Å². The van der Waals surface area contributed by atoms with Crippen molar-refractivity contribution in [3.8, 4) is 0 Å². The summed E-state index contributed by atoms with van der Waals surface area (Å²) in [7, 11) is 0. The van der Waals surface area contributed by atoms with E-state index in [-0.39, 0.29) is 5.82 Å². The monoisotopic (exact) mass is 261 g/mol. The van der Waals surface area contributed by atoms with E-state index in [1.807, 2.05) is 12.1 Å². The lowest BCUT2D eigenvalue weighted by Crippen LogP contribution is -2.40. The van der Waals surface area contributed by atoms with Crippen molar-refractivity contribution in [3.05, 3.63) is 35.6 Å². The Balaban J connectivity index is 1.78. The third-order valence-corrected chi connectivity index (χ3v) is 5.30. The highest BCUT2D eigenvalue weighted by molar-refractivity contribution is 5.20. The van der Waals surface area contributed by atoms with E-state index in [2.05, 4.69) is 12.2 Å². The molecule has 0 aliphatic heterocycles. The largest absolute Gasteiger partial charge is 0.316 e. The molecule has 2 aliphatic carbocycles. The predicted octanol–water partition coefficient (Wildman–Crippen LogP) is 3.78. The Morgan fingerprint density at radius 1 is 1.26 bits per heavy atom. The van der Waals surface area contributed by atoms with Crippen molar-refractivity contribution in [2.45, 2.75) is 39.0 Å². The van der Waals surface area contributed by atoms with Crippen molar-refractivity contribution in [1.29, 1.82) is 0 Å². The second-order valence-electron chi connectivity index (χ2n) is 6.53. The number of hydrogen-bond donors (Lipinski definition) is 1. The van der Waals surface area contributed by atoms with Crippen molar-refractivity contribution in [2.75, 3.05) is 13.1 Å². The molecule has 1 aromatic rings. The van der Waals surface area contributed by atoms with Gasteiger partial charge in [-0.1, -0.05) is 25.5 Å². The van der Waals surface area contributed by atoms with Gasteiger partial charge in [-0.2, -0.15) is 0 Å². The van der Waals surface area contributed by atoms with Gasteiger partial charge in [0.2, 0.25) is 0 Å². The molecule has 2 fully saturated rings. The fourth-order valence-corrected chi connectivity index (χ4v) is 4.44. The summed E-state index contributed by atoms with van der Waals surface area (Å²) in [6.07, 6.45) is 6.73. The third kappa shape index (κ3) is 2.55. The molecule has 2 heteroatoms. The number of rotatable bonds is 5. The Kier molecular flexibility index (Phi) is 3.62. The SMILES string of the molecule is CCNCC1(Cc2ccc(F)cc2)CC2CCC1C2. The van der Waals surface area contributed by atoms with Gasteiger partial charge in [-0.15, -0.1) is 0 Å². The van der Waals surface area contributed by atoms with E-state index < -0.39 is 0 Å². The molecule has 0 saturated heterocycles. The first-order chi connectivity index (χ1) is 9.22. The van der Waals surface area contributed by atoms with Gasteiger partial charge in [0.25, 0.3) is 0 Å².